The number of esters is 1. The maximum Gasteiger partial charge on any atom is 0.347 e. The van der Waals surface area contributed by atoms with E-state index in [1.807, 2.05) is 55.5 Å². The Hall–Kier alpha value is -4.93. The van der Waals surface area contributed by atoms with Crippen LogP contribution in [0.3, 0.4) is 0 Å². The number of hydrogen-bond donors (Lipinski definition) is 1. The van der Waals surface area contributed by atoms with Crippen LogP contribution in [0.5, 0.6) is 23.0 Å². The second kappa shape index (κ2) is 11.9. The molecule has 1 unspecified atom stereocenters. The number of nitrogens with two attached hydrogens (primary N) is 1. The minimum atomic E-state index is -0.563. The molecule has 0 fully saturated rings. The van der Waals surface area contributed by atoms with Gasteiger partial charge in [-0.1, -0.05) is 54.1 Å². The highest BCUT2D eigenvalue weighted by molar-refractivity contribution is 6.30. The van der Waals surface area contributed by atoms with E-state index in [-0.39, 0.29) is 17.2 Å². The third-order valence-corrected chi connectivity index (χ3v) is 6.59. The average molecular weight is 553 g/mol. The Balaban J connectivity index is 1.37. The van der Waals surface area contributed by atoms with Crippen molar-refractivity contribution in [3.63, 3.8) is 0 Å². The van der Waals surface area contributed by atoms with Crippen molar-refractivity contribution in [2.75, 3.05) is 6.61 Å². The van der Waals surface area contributed by atoms with E-state index in [0.29, 0.717) is 41.0 Å². The monoisotopic (exact) mass is 552 g/mol. The van der Waals surface area contributed by atoms with Gasteiger partial charge < -0.3 is 24.7 Å². The Bertz CT molecular complexity index is 1610. The second-order valence-corrected chi connectivity index (χ2v) is 9.36. The van der Waals surface area contributed by atoms with Crippen LogP contribution in [0.15, 0.2) is 102 Å². The quantitative estimate of drug-likeness (QED) is 0.190. The zero-order valence-electron chi connectivity index (χ0n) is 21.6. The summed E-state index contributed by atoms with van der Waals surface area (Å²) >= 11 is 5.95. The SMILES string of the molecule is CCOc1ccccc1C(=O)Oc1ccc2c(c1)OC(N)=C(C#N)C2c1ccc(OCc2ccc(Cl)cc2)cc1. The van der Waals surface area contributed by atoms with Crippen LogP contribution in [-0.4, -0.2) is 12.6 Å². The molecule has 0 aromatic heterocycles. The van der Waals surface area contributed by atoms with Gasteiger partial charge in [0.2, 0.25) is 5.88 Å². The van der Waals surface area contributed by atoms with E-state index in [9.17, 15) is 10.1 Å². The molecule has 40 heavy (non-hydrogen) atoms. The van der Waals surface area contributed by atoms with Crippen molar-refractivity contribution in [3.05, 3.63) is 130 Å². The minimum absolute atomic E-state index is 0.00627. The first-order valence-electron chi connectivity index (χ1n) is 12.6. The number of carbonyl (C=O) groups is 1. The number of hydrogen-bond acceptors (Lipinski definition) is 7. The fourth-order valence-electron chi connectivity index (χ4n) is 4.42. The summed E-state index contributed by atoms with van der Waals surface area (Å²) in [6.07, 6.45) is 0. The second-order valence-electron chi connectivity index (χ2n) is 8.93. The number of allylic oxidation sites excluding steroid dienone is 1. The fourth-order valence-corrected chi connectivity index (χ4v) is 4.55. The van der Waals surface area contributed by atoms with E-state index in [4.69, 9.17) is 36.3 Å². The summed E-state index contributed by atoms with van der Waals surface area (Å²) in [7, 11) is 0. The van der Waals surface area contributed by atoms with E-state index in [0.717, 1.165) is 16.7 Å². The highest BCUT2D eigenvalue weighted by Crippen LogP contribution is 2.43. The van der Waals surface area contributed by atoms with Gasteiger partial charge >= 0.3 is 5.97 Å². The summed E-state index contributed by atoms with van der Waals surface area (Å²) in [4.78, 5) is 12.9. The number of halogens is 1. The molecule has 1 atom stereocenters. The predicted molar refractivity (Wildman–Crippen MR) is 151 cm³/mol. The van der Waals surface area contributed by atoms with Gasteiger partial charge in [0.25, 0.3) is 0 Å². The van der Waals surface area contributed by atoms with Gasteiger partial charge in [0, 0.05) is 16.7 Å². The van der Waals surface area contributed by atoms with Crippen LogP contribution in [-0.2, 0) is 6.61 Å². The van der Waals surface area contributed by atoms with Gasteiger partial charge in [-0.2, -0.15) is 5.26 Å². The van der Waals surface area contributed by atoms with Gasteiger partial charge in [-0.3, -0.25) is 0 Å². The molecule has 1 aliphatic rings. The molecule has 1 aliphatic heterocycles. The number of nitrogens with zero attached hydrogens (tertiary/aromatic N) is 1. The third kappa shape index (κ3) is 5.73. The lowest BCUT2D eigenvalue weighted by Crippen LogP contribution is -2.21. The smallest absolute Gasteiger partial charge is 0.347 e. The summed E-state index contributed by atoms with van der Waals surface area (Å²) in [6, 6.07) is 29.0. The first-order valence-corrected chi connectivity index (χ1v) is 13.0. The largest absolute Gasteiger partial charge is 0.493 e. The lowest BCUT2D eigenvalue weighted by atomic mass is 9.83. The Kier molecular flexibility index (Phi) is 7.90. The van der Waals surface area contributed by atoms with E-state index < -0.39 is 11.9 Å². The molecule has 0 amide bonds. The van der Waals surface area contributed by atoms with Crippen LogP contribution < -0.4 is 24.7 Å². The van der Waals surface area contributed by atoms with Crippen LogP contribution in [0.4, 0.5) is 0 Å². The molecule has 8 heteroatoms. The standard InChI is InChI=1S/C32H25ClN2O5/c1-2-37-28-6-4-3-5-26(28)32(36)39-24-15-16-25-29(17-24)40-31(35)27(18-34)30(25)21-9-13-23(14-10-21)38-19-20-7-11-22(33)12-8-20/h3-17,30H,2,19,35H2,1H3. The van der Waals surface area contributed by atoms with Crippen LogP contribution in [0.2, 0.25) is 5.02 Å². The van der Waals surface area contributed by atoms with E-state index >= 15 is 0 Å². The molecule has 0 saturated carbocycles. The maximum atomic E-state index is 12.9. The molecule has 1 heterocycles. The van der Waals surface area contributed by atoms with Crippen molar-refractivity contribution in [1.29, 1.82) is 5.26 Å². The van der Waals surface area contributed by atoms with Crippen LogP contribution >= 0.6 is 11.6 Å². The van der Waals surface area contributed by atoms with Gasteiger partial charge in [0.1, 0.15) is 46.8 Å². The molecule has 0 aliphatic carbocycles. The molecule has 7 nitrogen and oxygen atoms in total. The van der Waals surface area contributed by atoms with Crippen molar-refractivity contribution < 1.29 is 23.7 Å². The van der Waals surface area contributed by atoms with Crippen molar-refractivity contribution >= 4 is 17.6 Å². The summed E-state index contributed by atoms with van der Waals surface area (Å²) in [6.45, 7) is 2.65. The lowest BCUT2D eigenvalue weighted by molar-refractivity contribution is 0.0730. The summed E-state index contributed by atoms with van der Waals surface area (Å²) in [5.41, 5.74) is 9.30. The summed E-state index contributed by atoms with van der Waals surface area (Å²) in [5.74, 6) is 0.746. The van der Waals surface area contributed by atoms with Crippen LogP contribution in [0, 0.1) is 11.3 Å². The van der Waals surface area contributed by atoms with Crippen molar-refractivity contribution in [3.8, 4) is 29.1 Å². The number of fused-ring (bicyclic) bond motifs is 1. The molecule has 200 valence electrons. The number of rotatable bonds is 8. The summed E-state index contributed by atoms with van der Waals surface area (Å²) in [5, 5.41) is 10.6. The molecule has 4 aromatic rings. The third-order valence-electron chi connectivity index (χ3n) is 6.34. The van der Waals surface area contributed by atoms with Crippen molar-refractivity contribution in [1.82, 2.24) is 0 Å². The number of carbonyl (C=O) groups excluding carboxylic acids is 1. The Morgan fingerprint density at radius 2 is 1.70 bits per heavy atom. The number of benzene rings is 4. The van der Waals surface area contributed by atoms with Crippen molar-refractivity contribution in [2.45, 2.75) is 19.4 Å². The lowest BCUT2D eigenvalue weighted by Gasteiger charge is -2.27. The molecule has 4 aromatic carbocycles. The summed E-state index contributed by atoms with van der Waals surface area (Å²) < 4.78 is 22.9. The molecular weight excluding hydrogens is 528 g/mol. The average Bonchev–Trinajstić information content (AvgIpc) is 2.97. The molecule has 0 radical (unpaired) electrons. The van der Waals surface area contributed by atoms with E-state index in [2.05, 4.69) is 6.07 Å². The van der Waals surface area contributed by atoms with Gasteiger partial charge in [0.05, 0.1) is 12.5 Å². The number of ether oxygens (including phenoxy) is 4. The highest BCUT2D eigenvalue weighted by atomic mass is 35.5. The molecule has 2 N–H and O–H groups in total. The maximum absolute atomic E-state index is 12.9. The van der Waals surface area contributed by atoms with E-state index in [1.54, 1.807) is 42.5 Å². The highest BCUT2D eigenvalue weighted by Gasteiger charge is 2.31. The van der Waals surface area contributed by atoms with Gasteiger partial charge in [-0.25, -0.2) is 4.79 Å². The molecule has 0 saturated heterocycles. The first kappa shape index (κ1) is 26.7. The first-order chi connectivity index (χ1) is 19.5. The Labute approximate surface area is 236 Å². The van der Waals surface area contributed by atoms with Gasteiger partial charge in [-0.05, 0) is 60.5 Å². The number of nitriles is 1. The molecular formula is C32H25ClN2O5. The topological polar surface area (TPSA) is 104 Å². The predicted octanol–water partition coefficient (Wildman–Crippen LogP) is 6.76. The van der Waals surface area contributed by atoms with E-state index in [1.165, 1.54) is 0 Å². The molecule has 5 rings (SSSR count). The normalized spacial score (nSPS) is 14.0. The van der Waals surface area contributed by atoms with Crippen molar-refractivity contribution in [2.24, 2.45) is 5.73 Å². The Morgan fingerprint density at radius 3 is 2.42 bits per heavy atom. The number of para-hydroxylation sites is 1. The van der Waals surface area contributed by atoms with Gasteiger partial charge in [0.15, 0.2) is 0 Å². The molecule has 0 bridgehead atoms. The van der Waals surface area contributed by atoms with Crippen LogP contribution in [0.1, 0.15) is 39.9 Å². The van der Waals surface area contributed by atoms with Crippen LogP contribution in [0.25, 0.3) is 0 Å². The fraction of sp³-hybridized carbons (Fsp3) is 0.125. The Morgan fingerprint density at radius 1 is 0.975 bits per heavy atom. The van der Waals surface area contributed by atoms with Gasteiger partial charge in [-0.15, -0.1) is 0 Å². The zero-order valence-corrected chi connectivity index (χ0v) is 22.4. The minimum Gasteiger partial charge on any atom is -0.493 e. The zero-order chi connectivity index (χ0) is 28.1. The molecule has 0 spiro atoms.